The molecule has 0 aromatic rings. The molecule has 96 valence electrons. The Hall–Kier alpha value is 0.260. The maximum atomic E-state index is 11.1. The van der Waals surface area contributed by atoms with Crippen molar-refractivity contribution in [2.45, 2.75) is 37.5 Å². The predicted octanol–water partition coefficient (Wildman–Crippen LogP) is 1.64. The molecule has 2 atom stereocenters. The summed E-state index contributed by atoms with van der Waals surface area (Å²) in [6.45, 7) is 2.87. The second-order valence-corrected chi connectivity index (χ2v) is 8.49. The Morgan fingerprint density at radius 3 is 2.62 bits per heavy atom. The van der Waals surface area contributed by atoms with E-state index in [9.17, 15) is 8.42 Å². The van der Waals surface area contributed by atoms with E-state index in [1.165, 1.54) is 31.3 Å². The van der Waals surface area contributed by atoms with Crippen LogP contribution in [0.1, 0.15) is 26.2 Å². The third-order valence-corrected chi connectivity index (χ3v) is 5.35. The van der Waals surface area contributed by atoms with Crippen molar-refractivity contribution in [3.63, 3.8) is 0 Å². The molecule has 0 amide bonds. The molecular formula is C11H23NO2S2. The van der Waals surface area contributed by atoms with Gasteiger partial charge in [-0.05, 0) is 32.1 Å². The summed E-state index contributed by atoms with van der Waals surface area (Å²) in [5.41, 5.74) is 0. The van der Waals surface area contributed by atoms with Crippen molar-refractivity contribution in [2.24, 2.45) is 0 Å². The second kappa shape index (κ2) is 6.26. The van der Waals surface area contributed by atoms with E-state index in [-0.39, 0.29) is 5.75 Å². The fraction of sp³-hybridized carbons (Fsp3) is 1.00. The van der Waals surface area contributed by atoms with Crippen LogP contribution in [0.3, 0.4) is 0 Å². The lowest BCUT2D eigenvalue weighted by molar-refractivity contribution is 0.259. The van der Waals surface area contributed by atoms with Gasteiger partial charge in [0.25, 0.3) is 0 Å². The van der Waals surface area contributed by atoms with Crippen molar-refractivity contribution in [1.29, 1.82) is 0 Å². The van der Waals surface area contributed by atoms with Crippen LogP contribution in [0.2, 0.25) is 0 Å². The lowest BCUT2D eigenvalue weighted by Crippen LogP contribution is -2.33. The minimum atomic E-state index is -2.82. The molecule has 0 aliphatic heterocycles. The van der Waals surface area contributed by atoms with Crippen LogP contribution in [0.4, 0.5) is 0 Å². The summed E-state index contributed by atoms with van der Waals surface area (Å²) in [5.74, 6) is 1.47. The first-order chi connectivity index (χ1) is 7.42. The maximum absolute atomic E-state index is 11.1. The zero-order valence-corrected chi connectivity index (χ0v) is 12.1. The Morgan fingerprint density at radius 1 is 1.38 bits per heavy atom. The van der Waals surface area contributed by atoms with E-state index < -0.39 is 9.84 Å². The average Bonchev–Trinajstić information content (AvgIpc) is 2.62. The second-order valence-electron chi connectivity index (χ2n) is 4.65. The molecular weight excluding hydrogens is 242 g/mol. The summed E-state index contributed by atoms with van der Waals surface area (Å²) < 4.78 is 22.2. The van der Waals surface area contributed by atoms with E-state index in [2.05, 4.69) is 18.9 Å². The Bertz CT molecular complexity index is 303. The highest BCUT2D eigenvalue weighted by Crippen LogP contribution is 2.31. The van der Waals surface area contributed by atoms with Crippen molar-refractivity contribution in [3.05, 3.63) is 0 Å². The van der Waals surface area contributed by atoms with E-state index in [1.807, 2.05) is 11.8 Å². The fourth-order valence-corrected chi connectivity index (χ4v) is 3.95. The summed E-state index contributed by atoms with van der Waals surface area (Å²) >= 11 is 2.04. The molecule has 1 saturated carbocycles. The molecule has 1 rings (SSSR count). The van der Waals surface area contributed by atoms with E-state index in [0.29, 0.717) is 12.6 Å². The Morgan fingerprint density at radius 2 is 2.06 bits per heavy atom. The Labute approximate surface area is 104 Å². The van der Waals surface area contributed by atoms with Crippen molar-refractivity contribution in [3.8, 4) is 0 Å². The van der Waals surface area contributed by atoms with Crippen molar-refractivity contribution in [1.82, 2.24) is 4.90 Å². The van der Waals surface area contributed by atoms with Crippen LogP contribution in [0.25, 0.3) is 0 Å². The number of sulfone groups is 1. The Kier molecular flexibility index (Phi) is 5.61. The minimum Gasteiger partial charge on any atom is -0.302 e. The van der Waals surface area contributed by atoms with E-state index >= 15 is 0 Å². The van der Waals surface area contributed by atoms with Crippen LogP contribution in [-0.2, 0) is 9.84 Å². The lowest BCUT2D eigenvalue weighted by atomic mass is 10.2. The normalized spacial score (nSPS) is 26.5. The van der Waals surface area contributed by atoms with Gasteiger partial charge in [-0.15, -0.1) is 0 Å². The highest BCUT2D eigenvalue weighted by Gasteiger charge is 2.27. The Balaban J connectivity index is 2.30. The summed E-state index contributed by atoms with van der Waals surface area (Å²) in [6.07, 6.45) is 5.04. The maximum Gasteiger partial charge on any atom is 0.148 e. The molecule has 1 fully saturated rings. The van der Waals surface area contributed by atoms with Gasteiger partial charge in [-0.25, -0.2) is 8.42 Å². The van der Waals surface area contributed by atoms with E-state index in [1.54, 1.807) is 0 Å². The summed E-state index contributed by atoms with van der Waals surface area (Å²) in [5, 5.41) is 0.788. The third kappa shape index (κ3) is 5.06. The van der Waals surface area contributed by atoms with Crippen molar-refractivity contribution in [2.75, 3.05) is 31.4 Å². The van der Waals surface area contributed by atoms with Gasteiger partial charge in [-0.1, -0.05) is 6.92 Å². The first-order valence-corrected chi connectivity index (χ1v) is 9.03. The third-order valence-electron chi connectivity index (χ3n) is 3.20. The number of nitrogens with zero attached hydrogens (tertiary/aromatic N) is 1. The molecule has 3 nitrogen and oxygen atoms in total. The van der Waals surface area contributed by atoms with Crippen LogP contribution >= 0.6 is 11.8 Å². The monoisotopic (exact) mass is 265 g/mol. The zero-order chi connectivity index (χ0) is 12.2. The van der Waals surface area contributed by atoms with Gasteiger partial charge < -0.3 is 4.90 Å². The van der Waals surface area contributed by atoms with Crippen LogP contribution in [0.15, 0.2) is 0 Å². The standard InChI is InChI=1S/C11H23NO2S2/c1-4-15-11-6-5-10(9-11)12(2)7-8-16(3,13)14/h10-11H,4-9H2,1-3H3/t10-,11+/m0/s1. The first kappa shape index (κ1) is 14.3. The number of thioether (sulfide) groups is 1. The molecule has 0 bridgehead atoms. The molecule has 16 heavy (non-hydrogen) atoms. The van der Waals surface area contributed by atoms with E-state index in [4.69, 9.17) is 0 Å². The molecule has 1 aliphatic carbocycles. The summed E-state index contributed by atoms with van der Waals surface area (Å²) in [4.78, 5) is 2.22. The van der Waals surface area contributed by atoms with Gasteiger partial charge in [-0.2, -0.15) is 11.8 Å². The highest BCUT2D eigenvalue weighted by molar-refractivity contribution is 7.99. The number of rotatable bonds is 6. The highest BCUT2D eigenvalue weighted by atomic mass is 32.2. The SMILES string of the molecule is CCS[C@@H]1CC[C@H](N(C)CCS(C)(=O)=O)C1. The molecule has 5 heteroatoms. The van der Waals surface area contributed by atoms with Gasteiger partial charge in [-0.3, -0.25) is 0 Å². The minimum absolute atomic E-state index is 0.283. The fourth-order valence-electron chi connectivity index (χ4n) is 2.20. The van der Waals surface area contributed by atoms with Crippen LogP contribution in [-0.4, -0.2) is 56.0 Å². The molecule has 0 aromatic carbocycles. The molecule has 0 saturated heterocycles. The van der Waals surface area contributed by atoms with Gasteiger partial charge in [0.15, 0.2) is 0 Å². The zero-order valence-electron chi connectivity index (χ0n) is 10.5. The summed E-state index contributed by atoms with van der Waals surface area (Å²) in [6, 6.07) is 0.589. The molecule has 0 aromatic heterocycles. The average molecular weight is 265 g/mol. The van der Waals surface area contributed by atoms with Crippen molar-refractivity contribution < 1.29 is 8.42 Å². The van der Waals surface area contributed by atoms with Crippen molar-refractivity contribution >= 4 is 21.6 Å². The van der Waals surface area contributed by atoms with E-state index in [0.717, 1.165) is 5.25 Å². The van der Waals surface area contributed by atoms with Gasteiger partial charge in [0.05, 0.1) is 5.75 Å². The number of hydrogen-bond acceptors (Lipinski definition) is 4. The van der Waals surface area contributed by atoms with Crippen LogP contribution in [0, 0.1) is 0 Å². The van der Waals surface area contributed by atoms with Gasteiger partial charge in [0, 0.05) is 24.1 Å². The molecule has 0 N–H and O–H groups in total. The summed E-state index contributed by atoms with van der Waals surface area (Å²) in [7, 11) is -0.769. The quantitative estimate of drug-likeness (QED) is 0.731. The molecule has 0 spiro atoms. The molecule has 0 heterocycles. The molecule has 1 aliphatic rings. The smallest absolute Gasteiger partial charge is 0.148 e. The first-order valence-electron chi connectivity index (χ1n) is 5.92. The van der Waals surface area contributed by atoms with Crippen LogP contribution < -0.4 is 0 Å². The largest absolute Gasteiger partial charge is 0.302 e. The lowest BCUT2D eigenvalue weighted by Gasteiger charge is -2.23. The van der Waals surface area contributed by atoms with Gasteiger partial charge in [0.1, 0.15) is 9.84 Å². The predicted molar refractivity (Wildman–Crippen MR) is 71.9 cm³/mol. The number of hydrogen-bond donors (Lipinski definition) is 0. The molecule has 0 unspecified atom stereocenters. The van der Waals surface area contributed by atoms with Crippen LogP contribution in [0.5, 0.6) is 0 Å². The van der Waals surface area contributed by atoms with Gasteiger partial charge >= 0.3 is 0 Å². The topological polar surface area (TPSA) is 37.4 Å². The van der Waals surface area contributed by atoms with Gasteiger partial charge in [0.2, 0.25) is 0 Å². The molecule has 0 radical (unpaired) electrons.